The number of hydrogen-bond acceptors (Lipinski definition) is 6. The van der Waals surface area contributed by atoms with E-state index in [0.29, 0.717) is 25.2 Å². The number of thiophene rings is 1. The van der Waals surface area contributed by atoms with Crippen LogP contribution < -0.4 is 5.32 Å². The Hall–Kier alpha value is -2.52. The number of rotatable bonds is 5. The first-order valence-electron chi connectivity index (χ1n) is 8.67. The van der Waals surface area contributed by atoms with Crippen LogP contribution in [0.3, 0.4) is 0 Å². The molecule has 3 aromatic rings. The molecule has 1 atom stereocenters. The van der Waals surface area contributed by atoms with Crippen molar-refractivity contribution >= 4 is 34.5 Å². The van der Waals surface area contributed by atoms with Crippen molar-refractivity contribution in [1.82, 2.24) is 24.8 Å². The molecule has 1 unspecified atom stereocenters. The molecule has 4 heterocycles. The van der Waals surface area contributed by atoms with E-state index in [1.54, 1.807) is 45.5 Å². The predicted octanol–water partition coefficient (Wildman–Crippen LogP) is 2.53. The van der Waals surface area contributed by atoms with Gasteiger partial charge in [-0.2, -0.15) is 0 Å². The zero-order chi connectivity index (χ0) is 18.8. The summed E-state index contributed by atoms with van der Waals surface area (Å²) in [5.74, 6) is -0.282. The van der Waals surface area contributed by atoms with E-state index in [1.807, 2.05) is 22.9 Å². The Morgan fingerprint density at radius 1 is 1.37 bits per heavy atom. The molecule has 0 saturated carbocycles. The monoisotopic (exact) mass is 401 g/mol. The molecule has 9 heteroatoms. The summed E-state index contributed by atoms with van der Waals surface area (Å²) in [6.45, 7) is 0.951. The molecule has 4 rings (SSSR count). The van der Waals surface area contributed by atoms with Crippen molar-refractivity contribution < 1.29 is 9.59 Å². The van der Waals surface area contributed by atoms with Crippen molar-refractivity contribution in [3.05, 3.63) is 46.8 Å². The third-order valence-electron chi connectivity index (χ3n) is 4.58. The van der Waals surface area contributed by atoms with Gasteiger partial charge in [0.2, 0.25) is 5.91 Å². The smallest absolute Gasteiger partial charge is 0.272 e. The summed E-state index contributed by atoms with van der Waals surface area (Å²) in [5.41, 5.74) is 1.33. The second-order valence-electron chi connectivity index (χ2n) is 6.39. The molecule has 1 fully saturated rings. The highest BCUT2D eigenvalue weighted by Crippen LogP contribution is 2.27. The van der Waals surface area contributed by atoms with Gasteiger partial charge in [0, 0.05) is 19.0 Å². The minimum Gasteiger partial charge on any atom is -0.349 e. The number of carbonyl (C=O) groups is 2. The lowest BCUT2D eigenvalue weighted by molar-refractivity contribution is -0.125. The molecule has 1 saturated heterocycles. The number of thiazole rings is 1. The second kappa shape index (κ2) is 7.61. The molecule has 2 amide bonds. The lowest BCUT2D eigenvalue weighted by Gasteiger charge is -2.23. The number of carbonyl (C=O) groups excluding carboxylic acids is 2. The zero-order valence-corrected chi connectivity index (χ0v) is 16.4. The van der Waals surface area contributed by atoms with Crippen molar-refractivity contribution in [2.45, 2.75) is 25.4 Å². The molecule has 0 aliphatic carbocycles. The molecule has 1 aliphatic heterocycles. The number of nitrogens with zero attached hydrogens (tertiary/aromatic N) is 4. The van der Waals surface area contributed by atoms with Crippen LogP contribution in [-0.2, 0) is 18.4 Å². The number of aryl methyl sites for hydroxylation is 1. The Balaban J connectivity index is 1.39. The van der Waals surface area contributed by atoms with Crippen LogP contribution in [-0.4, -0.2) is 43.8 Å². The van der Waals surface area contributed by atoms with Crippen LogP contribution in [0.15, 0.2) is 35.4 Å². The number of amides is 2. The summed E-state index contributed by atoms with van der Waals surface area (Å²) in [7, 11) is 1.78. The van der Waals surface area contributed by atoms with Crippen molar-refractivity contribution in [3.8, 4) is 9.88 Å². The van der Waals surface area contributed by atoms with E-state index in [0.717, 1.165) is 22.0 Å². The van der Waals surface area contributed by atoms with Crippen LogP contribution in [0.1, 0.15) is 29.0 Å². The molecule has 1 N–H and O–H groups in total. The highest BCUT2D eigenvalue weighted by molar-refractivity contribution is 7.20. The molecule has 0 bridgehead atoms. The Bertz CT molecular complexity index is 947. The molecule has 27 heavy (non-hydrogen) atoms. The van der Waals surface area contributed by atoms with Crippen molar-refractivity contribution in [2.24, 2.45) is 7.05 Å². The van der Waals surface area contributed by atoms with Gasteiger partial charge in [0.25, 0.3) is 5.91 Å². The van der Waals surface area contributed by atoms with Crippen LogP contribution in [0.4, 0.5) is 0 Å². The van der Waals surface area contributed by atoms with E-state index in [9.17, 15) is 9.59 Å². The molecule has 1 aliphatic rings. The van der Waals surface area contributed by atoms with Gasteiger partial charge in [0.05, 0.1) is 29.6 Å². The number of aromatic nitrogens is 3. The van der Waals surface area contributed by atoms with Gasteiger partial charge in [-0.1, -0.05) is 6.07 Å². The fourth-order valence-corrected chi connectivity index (χ4v) is 4.82. The predicted molar refractivity (Wildman–Crippen MR) is 105 cm³/mol. The Kier molecular flexibility index (Phi) is 5.04. The summed E-state index contributed by atoms with van der Waals surface area (Å²) in [5, 5.41) is 7.88. The first-order valence-corrected chi connectivity index (χ1v) is 10.4. The number of nitrogens with one attached hydrogen (secondary N) is 1. The van der Waals surface area contributed by atoms with E-state index in [1.165, 1.54) is 6.20 Å². The molecule has 0 aromatic carbocycles. The highest BCUT2D eigenvalue weighted by atomic mass is 32.1. The summed E-state index contributed by atoms with van der Waals surface area (Å²) in [6.07, 6.45) is 4.62. The van der Waals surface area contributed by atoms with Gasteiger partial charge in [-0.3, -0.25) is 9.59 Å². The topological polar surface area (TPSA) is 80.1 Å². The van der Waals surface area contributed by atoms with Crippen LogP contribution in [0.5, 0.6) is 0 Å². The van der Waals surface area contributed by atoms with Crippen LogP contribution in [0, 0.1) is 0 Å². The van der Waals surface area contributed by atoms with Crippen molar-refractivity contribution in [1.29, 1.82) is 0 Å². The van der Waals surface area contributed by atoms with E-state index in [-0.39, 0.29) is 11.8 Å². The van der Waals surface area contributed by atoms with Crippen molar-refractivity contribution in [3.63, 3.8) is 0 Å². The molecule has 0 spiro atoms. The maximum absolute atomic E-state index is 12.7. The van der Waals surface area contributed by atoms with E-state index in [4.69, 9.17) is 0 Å². The van der Waals surface area contributed by atoms with Gasteiger partial charge < -0.3 is 14.8 Å². The summed E-state index contributed by atoms with van der Waals surface area (Å²) >= 11 is 3.22. The van der Waals surface area contributed by atoms with Gasteiger partial charge in [0.1, 0.15) is 16.7 Å². The van der Waals surface area contributed by atoms with Crippen LogP contribution in [0.25, 0.3) is 9.88 Å². The molecule has 3 aromatic heterocycles. The first-order chi connectivity index (χ1) is 13.1. The standard InChI is InChI=1S/C18H19N5O2S2/c1-22-11-19-9-14(22)18(25)23-6-2-4-13(23)16(24)20-8-12-10-27-17(21-12)15-5-3-7-26-15/h3,5,7,9-11,13H,2,4,6,8H2,1H3,(H,20,24). The van der Waals surface area contributed by atoms with Gasteiger partial charge >= 0.3 is 0 Å². The molecule has 7 nitrogen and oxygen atoms in total. The Morgan fingerprint density at radius 3 is 3.00 bits per heavy atom. The fraction of sp³-hybridized carbons (Fsp3) is 0.333. The fourth-order valence-electron chi connectivity index (χ4n) is 3.19. The van der Waals surface area contributed by atoms with Crippen LogP contribution >= 0.6 is 22.7 Å². The highest BCUT2D eigenvalue weighted by Gasteiger charge is 2.35. The Labute approximate surface area is 164 Å². The number of imidazole rings is 1. The van der Waals surface area contributed by atoms with Crippen molar-refractivity contribution in [2.75, 3.05) is 6.54 Å². The summed E-state index contributed by atoms with van der Waals surface area (Å²) in [4.78, 5) is 36.7. The molecule has 0 radical (unpaired) electrons. The number of hydrogen-bond donors (Lipinski definition) is 1. The largest absolute Gasteiger partial charge is 0.349 e. The molecular weight excluding hydrogens is 382 g/mol. The van der Waals surface area contributed by atoms with Gasteiger partial charge in [-0.05, 0) is 24.3 Å². The van der Waals surface area contributed by atoms with E-state index < -0.39 is 6.04 Å². The average molecular weight is 402 g/mol. The SMILES string of the molecule is Cn1cncc1C(=O)N1CCCC1C(=O)NCc1csc(-c2cccs2)n1. The molecular formula is C18H19N5O2S2. The quantitative estimate of drug-likeness (QED) is 0.712. The maximum Gasteiger partial charge on any atom is 0.272 e. The Morgan fingerprint density at radius 2 is 2.26 bits per heavy atom. The third kappa shape index (κ3) is 3.65. The van der Waals surface area contributed by atoms with Gasteiger partial charge in [0.15, 0.2) is 0 Å². The van der Waals surface area contributed by atoms with E-state index >= 15 is 0 Å². The average Bonchev–Trinajstić information content (AvgIpc) is 3.46. The molecule has 140 valence electrons. The zero-order valence-electron chi connectivity index (χ0n) is 14.8. The first kappa shape index (κ1) is 17.9. The van der Waals surface area contributed by atoms with Gasteiger partial charge in [-0.15, -0.1) is 22.7 Å². The number of likely N-dealkylation sites (tertiary alicyclic amines) is 1. The minimum absolute atomic E-state index is 0.131. The third-order valence-corrected chi connectivity index (χ3v) is 6.51. The van der Waals surface area contributed by atoms with Crippen LogP contribution in [0.2, 0.25) is 0 Å². The maximum atomic E-state index is 12.7. The normalized spacial score (nSPS) is 16.6. The lowest BCUT2D eigenvalue weighted by Crippen LogP contribution is -2.46. The lowest BCUT2D eigenvalue weighted by atomic mass is 10.2. The summed E-state index contributed by atoms with van der Waals surface area (Å²) < 4.78 is 1.68. The second-order valence-corrected chi connectivity index (χ2v) is 8.19. The summed E-state index contributed by atoms with van der Waals surface area (Å²) in [6, 6.07) is 3.59. The minimum atomic E-state index is -0.442. The van der Waals surface area contributed by atoms with E-state index in [2.05, 4.69) is 15.3 Å². The van der Waals surface area contributed by atoms with Gasteiger partial charge in [-0.25, -0.2) is 9.97 Å².